The lowest BCUT2D eigenvalue weighted by molar-refractivity contribution is -0.0309. The lowest BCUT2D eigenvalue weighted by atomic mass is 9.88. The maximum atomic E-state index is 11.1. The molecule has 6 heteroatoms. The Labute approximate surface area is 160 Å². The van der Waals surface area contributed by atoms with Crippen LogP contribution in [0.15, 0.2) is 29.9 Å². The van der Waals surface area contributed by atoms with Crippen LogP contribution in [0.25, 0.3) is 0 Å². The maximum absolute atomic E-state index is 11.1. The molecule has 2 aromatic rings. The third kappa shape index (κ3) is 5.10. The molecule has 142 valence electrons. The summed E-state index contributed by atoms with van der Waals surface area (Å²) >= 11 is 1.65. The summed E-state index contributed by atoms with van der Waals surface area (Å²) in [7, 11) is 2.09. The number of thiazole rings is 1. The van der Waals surface area contributed by atoms with Crippen LogP contribution in [0.4, 0.5) is 0 Å². The third-order valence-electron chi connectivity index (χ3n) is 4.92. The Morgan fingerprint density at radius 3 is 2.73 bits per heavy atom. The van der Waals surface area contributed by atoms with Gasteiger partial charge in [0.15, 0.2) is 0 Å². The molecule has 3 heterocycles. The van der Waals surface area contributed by atoms with Gasteiger partial charge in [0.25, 0.3) is 0 Å². The summed E-state index contributed by atoms with van der Waals surface area (Å²) < 4.78 is 0. The summed E-state index contributed by atoms with van der Waals surface area (Å²) in [6.45, 7) is 9.12. The molecular weight excluding hydrogens is 344 g/mol. The second-order valence-corrected chi connectivity index (χ2v) is 8.83. The van der Waals surface area contributed by atoms with Crippen molar-refractivity contribution in [1.29, 1.82) is 0 Å². The molecule has 0 radical (unpaired) electrons. The van der Waals surface area contributed by atoms with Gasteiger partial charge in [-0.15, -0.1) is 11.3 Å². The molecule has 0 spiro atoms. The monoisotopic (exact) mass is 374 g/mol. The zero-order valence-corrected chi connectivity index (χ0v) is 16.9. The fourth-order valence-corrected chi connectivity index (χ4v) is 4.53. The second-order valence-electron chi connectivity index (χ2n) is 7.89. The van der Waals surface area contributed by atoms with Crippen molar-refractivity contribution in [3.05, 3.63) is 46.2 Å². The van der Waals surface area contributed by atoms with Crippen molar-refractivity contribution < 1.29 is 5.11 Å². The van der Waals surface area contributed by atoms with Gasteiger partial charge in [-0.05, 0) is 37.4 Å². The first-order valence-electron chi connectivity index (χ1n) is 9.42. The number of pyridine rings is 1. The molecule has 1 aliphatic heterocycles. The quantitative estimate of drug-likeness (QED) is 0.807. The van der Waals surface area contributed by atoms with E-state index in [1.807, 2.05) is 17.6 Å². The molecular formula is C20H30N4OS. The maximum Gasteiger partial charge on any atom is 0.110 e. The fourth-order valence-electron chi connectivity index (χ4n) is 3.57. The van der Waals surface area contributed by atoms with Gasteiger partial charge in [-0.2, -0.15) is 0 Å². The molecule has 0 amide bonds. The number of aliphatic hydroxyl groups is 1. The highest BCUT2D eigenvalue weighted by atomic mass is 32.1. The summed E-state index contributed by atoms with van der Waals surface area (Å²) in [5.41, 5.74) is 1.30. The smallest absolute Gasteiger partial charge is 0.110 e. The van der Waals surface area contributed by atoms with Crippen LogP contribution in [0.2, 0.25) is 0 Å². The van der Waals surface area contributed by atoms with Gasteiger partial charge in [0.05, 0.1) is 12.2 Å². The van der Waals surface area contributed by atoms with E-state index >= 15 is 0 Å². The number of hydrogen-bond acceptors (Lipinski definition) is 6. The van der Waals surface area contributed by atoms with Crippen molar-refractivity contribution in [2.24, 2.45) is 5.92 Å². The van der Waals surface area contributed by atoms with Crippen molar-refractivity contribution >= 4 is 11.3 Å². The average Bonchev–Trinajstić information content (AvgIpc) is 3.07. The summed E-state index contributed by atoms with van der Waals surface area (Å²) in [5, 5.41) is 14.2. The van der Waals surface area contributed by atoms with Gasteiger partial charge in [-0.25, -0.2) is 4.98 Å². The predicted molar refractivity (Wildman–Crippen MR) is 106 cm³/mol. The molecule has 1 saturated heterocycles. The number of aromatic nitrogens is 2. The van der Waals surface area contributed by atoms with E-state index in [1.54, 1.807) is 17.5 Å². The molecule has 0 saturated carbocycles. The summed E-state index contributed by atoms with van der Waals surface area (Å²) in [6.07, 6.45) is 5.24. The first-order chi connectivity index (χ1) is 12.4. The van der Waals surface area contributed by atoms with E-state index < -0.39 is 5.60 Å². The first-order valence-corrected chi connectivity index (χ1v) is 10.3. The summed E-state index contributed by atoms with van der Waals surface area (Å²) in [4.78, 5) is 13.6. The summed E-state index contributed by atoms with van der Waals surface area (Å²) in [5.74, 6) is 0.669. The van der Waals surface area contributed by atoms with Gasteiger partial charge in [0.1, 0.15) is 10.6 Å². The predicted octanol–water partition coefficient (Wildman–Crippen LogP) is 3.11. The van der Waals surface area contributed by atoms with Crippen LogP contribution < -0.4 is 0 Å². The average molecular weight is 375 g/mol. The number of piperidine rings is 1. The van der Waals surface area contributed by atoms with Crippen molar-refractivity contribution in [3.63, 3.8) is 0 Å². The molecule has 0 aliphatic carbocycles. The lowest BCUT2D eigenvalue weighted by Gasteiger charge is -2.37. The van der Waals surface area contributed by atoms with Crippen LogP contribution in [0.5, 0.6) is 0 Å². The van der Waals surface area contributed by atoms with Gasteiger partial charge >= 0.3 is 0 Å². The topological polar surface area (TPSA) is 52.5 Å². The van der Waals surface area contributed by atoms with E-state index in [9.17, 15) is 5.11 Å². The van der Waals surface area contributed by atoms with E-state index in [4.69, 9.17) is 4.98 Å². The molecule has 1 N–H and O–H groups in total. The molecule has 3 rings (SSSR count). The normalized spacial score (nSPS) is 17.9. The van der Waals surface area contributed by atoms with Crippen molar-refractivity contribution in [2.75, 3.05) is 26.7 Å². The molecule has 2 aromatic heterocycles. The molecule has 26 heavy (non-hydrogen) atoms. The van der Waals surface area contributed by atoms with E-state index in [1.165, 1.54) is 5.56 Å². The van der Waals surface area contributed by atoms with E-state index in [2.05, 4.69) is 41.7 Å². The van der Waals surface area contributed by atoms with Crippen molar-refractivity contribution in [2.45, 2.75) is 45.4 Å². The Kier molecular flexibility index (Phi) is 6.40. The Morgan fingerprint density at radius 2 is 2.08 bits per heavy atom. The standard InChI is InChI=1S/C20H30N4OS/c1-16(2)12-24-9-6-20(25,7-10-24)18-15-26-19(22-18)14-23(3)13-17-5-4-8-21-11-17/h4-5,8,11,15-16,25H,6-7,9-10,12-14H2,1-3H3. The van der Waals surface area contributed by atoms with Crippen LogP contribution >= 0.6 is 11.3 Å². The Bertz CT molecular complexity index is 680. The van der Waals surface area contributed by atoms with Crippen LogP contribution in [-0.4, -0.2) is 51.6 Å². The fraction of sp³-hybridized carbons (Fsp3) is 0.600. The molecule has 0 aromatic carbocycles. The minimum atomic E-state index is -0.760. The highest BCUT2D eigenvalue weighted by Crippen LogP contribution is 2.33. The number of hydrogen-bond donors (Lipinski definition) is 1. The van der Waals surface area contributed by atoms with Crippen LogP contribution in [0.1, 0.15) is 43.0 Å². The van der Waals surface area contributed by atoms with Gasteiger partial charge < -0.3 is 10.0 Å². The SMILES string of the molecule is CC(C)CN1CCC(O)(c2csc(CN(C)Cc3cccnc3)n2)CC1. The van der Waals surface area contributed by atoms with Gasteiger partial charge in [0, 0.05) is 44.0 Å². The molecule has 1 fully saturated rings. The van der Waals surface area contributed by atoms with E-state index in [0.29, 0.717) is 5.92 Å². The molecule has 0 atom stereocenters. The van der Waals surface area contributed by atoms with Crippen LogP contribution in [0.3, 0.4) is 0 Å². The molecule has 1 aliphatic rings. The summed E-state index contributed by atoms with van der Waals surface area (Å²) in [6, 6.07) is 4.05. The Hall–Kier alpha value is -1.34. The lowest BCUT2D eigenvalue weighted by Crippen LogP contribution is -2.44. The van der Waals surface area contributed by atoms with Gasteiger partial charge in [0.2, 0.25) is 0 Å². The Balaban J connectivity index is 1.56. The highest BCUT2D eigenvalue weighted by Gasteiger charge is 2.36. The minimum Gasteiger partial charge on any atom is -0.383 e. The molecule has 0 unspecified atom stereocenters. The second kappa shape index (κ2) is 8.57. The number of rotatable bonds is 7. The third-order valence-corrected chi connectivity index (χ3v) is 5.75. The van der Waals surface area contributed by atoms with Crippen molar-refractivity contribution in [3.8, 4) is 0 Å². The van der Waals surface area contributed by atoms with Crippen molar-refractivity contribution in [1.82, 2.24) is 19.8 Å². The number of nitrogens with zero attached hydrogens (tertiary/aromatic N) is 4. The zero-order valence-electron chi connectivity index (χ0n) is 16.1. The molecule has 0 bridgehead atoms. The Morgan fingerprint density at radius 1 is 1.31 bits per heavy atom. The zero-order chi connectivity index (χ0) is 18.6. The van der Waals surface area contributed by atoms with Gasteiger partial charge in [-0.3, -0.25) is 9.88 Å². The van der Waals surface area contributed by atoms with Crippen LogP contribution in [0, 0.1) is 5.92 Å². The minimum absolute atomic E-state index is 0.669. The van der Waals surface area contributed by atoms with Crippen LogP contribution in [-0.2, 0) is 18.7 Å². The molecule has 5 nitrogen and oxygen atoms in total. The number of likely N-dealkylation sites (tertiary alicyclic amines) is 1. The van der Waals surface area contributed by atoms with E-state index in [0.717, 1.165) is 56.3 Å². The first kappa shape index (κ1) is 19.4. The van der Waals surface area contributed by atoms with Gasteiger partial charge in [-0.1, -0.05) is 19.9 Å². The van der Waals surface area contributed by atoms with E-state index in [-0.39, 0.29) is 0 Å². The highest BCUT2D eigenvalue weighted by molar-refractivity contribution is 7.09. The largest absolute Gasteiger partial charge is 0.383 e.